The van der Waals surface area contributed by atoms with Gasteiger partial charge in [0, 0.05) is 17.4 Å². The van der Waals surface area contributed by atoms with E-state index in [-0.39, 0.29) is 12.4 Å². The molecule has 16 heavy (non-hydrogen) atoms. The fraction of sp³-hybridized carbons (Fsp3) is 0.250. The summed E-state index contributed by atoms with van der Waals surface area (Å²) in [5.74, 6) is 0.161. The number of aromatic nitrogens is 1. The SMILES string of the molecule is OCCCc1nc(Cl)c2ccccc2c1O. The molecule has 0 radical (unpaired) electrons. The number of hydrogen-bond acceptors (Lipinski definition) is 3. The second kappa shape index (κ2) is 4.68. The number of aromatic hydroxyl groups is 1. The first kappa shape index (κ1) is 11.2. The van der Waals surface area contributed by atoms with Crippen LogP contribution in [-0.2, 0) is 6.42 Å². The van der Waals surface area contributed by atoms with Crippen molar-refractivity contribution in [1.82, 2.24) is 4.98 Å². The van der Waals surface area contributed by atoms with Crippen LogP contribution in [0.2, 0.25) is 5.15 Å². The van der Waals surface area contributed by atoms with Crippen LogP contribution in [0.25, 0.3) is 10.8 Å². The highest BCUT2D eigenvalue weighted by Crippen LogP contribution is 2.32. The summed E-state index contributed by atoms with van der Waals surface area (Å²) in [6.07, 6.45) is 1.09. The van der Waals surface area contributed by atoms with Crippen LogP contribution < -0.4 is 0 Å². The lowest BCUT2D eigenvalue weighted by atomic mass is 10.1. The molecule has 0 aliphatic rings. The summed E-state index contributed by atoms with van der Waals surface area (Å²) < 4.78 is 0. The molecule has 84 valence electrons. The third kappa shape index (κ3) is 1.96. The zero-order valence-corrected chi connectivity index (χ0v) is 9.41. The first-order chi connectivity index (χ1) is 7.74. The first-order valence-electron chi connectivity index (χ1n) is 5.11. The molecular weight excluding hydrogens is 226 g/mol. The van der Waals surface area contributed by atoms with Gasteiger partial charge in [0.2, 0.25) is 0 Å². The number of hydrogen-bond donors (Lipinski definition) is 2. The third-order valence-electron chi connectivity index (χ3n) is 2.48. The molecule has 4 heteroatoms. The van der Waals surface area contributed by atoms with E-state index in [4.69, 9.17) is 16.7 Å². The number of aliphatic hydroxyl groups excluding tert-OH is 1. The Labute approximate surface area is 98.3 Å². The number of fused-ring (bicyclic) bond motifs is 1. The van der Waals surface area contributed by atoms with Crippen LogP contribution in [-0.4, -0.2) is 21.8 Å². The van der Waals surface area contributed by atoms with E-state index in [1.165, 1.54) is 0 Å². The number of aliphatic hydroxyl groups is 1. The molecule has 0 fully saturated rings. The molecule has 2 aromatic rings. The Kier molecular flexibility index (Phi) is 3.27. The van der Waals surface area contributed by atoms with Crippen LogP contribution >= 0.6 is 11.6 Å². The Morgan fingerprint density at radius 3 is 2.56 bits per heavy atom. The predicted octanol–water partition coefficient (Wildman–Crippen LogP) is 2.52. The molecule has 0 aliphatic carbocycles. The molecule has 0 unspecified atom stereocenters. The summed E-state index contributed by atoms with van der Waals surface area (Å²) in [5, 5.41) is 20.6. The van der Waals surface area contributed by atoms with E-state index in [1.54, 1.807) is 6.07 Å². The second-order valence-electron chi connectivity index (χ2n) is 3.57. The molecule has 3 nitrogen and oxygen atoms in total. The molecule has 0 saturated heterocycles. The van der Waals surface area contributed by atoms with Gasteiger partial charge >= 0.3 is 0 Å². The van der Waals surface area contributed by atoms with Crippen molar-refractivity contribution in [2.45, 2.75) is 12.8 Å². The smallest absolute Gasteiger partial charge is 0.145 e. The van der Waals surface area contributed by atoms with Crippen LogP contribution in [0.4, 0.5) is 0 Å². The van der Waals surface area contributed by atoms with E-state index < -0.39 is 0 Å². The summed E-state index contributed by atoms with van der Waals surface area (Å²) >= 11 is 6.03. The predicted molar refractivity (Wildman–Crippen MR) is 63.8 cm³/mol. The number of nitrogens with zero attached hydrogens (tertiary/aromatic N) is 1. The zero-order chi connectivity index (χ0) is 11.5. The van der Waals surface area contributed by atoms with Crippen molar-refractivity contribution in [3.63, 3.8) is 0 Å². The Morgan fingerprint density at radius 2 is 1.88 bits per heavy atom. The molecule has 0 amide bonds. The van der Waals surface area contributed by atoms with Gasteiger partial charge in [0.25, 0.3) is 0 Å². The van der Waals surface area contributed by atoms with Crippen LogP contribution in [0.3, 0.4) is 0 Å². The molecule has 0 aliphatic heterocycles. The largest absolute Gasteiger partial charge is 0.505 e. The number of pyridine rings is 1. The minimum Gasteiger partial charge on any atom is -0.505 e. The Bertz CT molecular complexity index is 514. The lowest BCUT2D eigenvalue weighted by molar-refractivity contribution is 0.287. The summed E-state index contributed by atoms with van der Waals surface area (Å²) in [6, 6.07) is 7.32. The topological polar surface area (TPSA) is 53.4 Å². The molecule has 1 heterocycles. The Balaban J connectivity index is 2.56. The van der Waals surface area contributed by atoms with Gasteiger partial charge in [-0.1, -0.05) is 35.9 Å². The molecule has 2 rings (SSSR count). The van der Waals surface area contributed by atoms with Crippen molar-refractivity contribution in [2.75, 3.05) is 6.61 Å². The van der Waals surface area contributed by atoms with Crippen LogP contribution in [0, 0.1) is 0 Å². The molecule has 1 aromatic heterocycles. The monoisotopic (exact) mass is 237 g/mol. The van der Waals surface area contributed by atoms with E-state index >= 15 is 0 Å². The van der Waals surface area contributed by atoms with E-state index in [0.29, 0.717) is 29.1 Å². The Hall–Kier alpha value is -1.32. The number of halogens is 1. The summed E-state index contributed by atoms with van der Waals surface area (Å²) in [7, 11) is 0. The highest BCUT2D eigenvalue weighted by atomic mass is 35.5. The van der Waals surface area contributed by atoms with Crippen LogP contribution in [0.15, 0.2) is 24.3 Å². The van der Waals surface area contributed by atoms with Crippen LogP contribution in [0.5, 0.6) is 5.75 Å². The van der Waals surface area contributed by atoms with Gasteiger partial charge in [0.1, 0.15) is 10.9 Å². The van der Waals surface area contributed by atoms with Gasteiger partial charge < -0.3 is 10.2 Å². The minimum atomic E-state index is 0.0750. The Morgan fingerprint density at radius 1 is 1.19 bits per heavy atom. The van der Waals surface area contributed by atoms with Gasteiger partial charge in [-0.2, -0.15) is 0 Å². The maximum absolute atomic E-state index is 10.00. The van der Waals surface area contributed by atoms with Gasteiger partial charge in [-0.05, 0) is 12.8 Å². The standard InChI is InChI=1S/C12H12ClNO2/c13-12-9-5-2-1-4-8(9)11(16)10(14-12)6-3-7-15/h1-2,4-5,15-16H,3,6-7H2. The lowest BCUT2D eigenvalue weighted by Gasteiger charge is -2.08. The highest BCUT2D eigenvalue weighted by Gasteiger charge is 2.10. The number of aryl methyl sites for hydroxylation is 1. The normalized spacial score (nSPS) is 10.9. The fourth-order valence-electron chi connectivity index (χ4n) is 1.68. The quantitative estimate of drug-likeness (QED) is 0.807. The second-order valence-corrected chi connectivity index (χ2v) is 3.93. The van der Waals surface area contributed by atoms with Gasteiger partial charge in [-0.3, -0.25) is 0 Å². The number of rotatable bonds is 3. The molecule has 0 atom stereocenters. The average molecular weight is 238 g/mol. The minimum absolute atomic E-state index is 0.0750. The fourth-order valence-corrected chi connectivity index (χ4v) is 1.94. The van der Waals surface area contributed by atoms with Crippen molar-refractivity contribution in [3.8, 4) is 5.75 Å². The molecule has 0 saturated carbocycles. The van der Waals surface area contributed by atoms with E-state index in [1.807, 2.05) is 18.2 Å². The van der Waals surface area contributed by atoms with E-state index in [0.717, 1.165) is 5.39 Å². The molecule has 0 spiro atoms. The van der Waals surface area contributed by atoms with Crippen molar-refractivity contribution >= 4 is 22.4 Å². The summed E-state index contributed by atoms with van der Waals surface area (Å²) in [5.41, 5.74) is 0.540. The summed E-state index contributed by atoms with van der Waals surface area (Å²) in [4.78, 5) is 4.14. The first-order valence-corrected chi connectivity index (χ1v) is 5.48. The maximum Gasteiger partial charge on any atom is 0.145 e. The van der Waals surface area contributed by atoms with Gasteiger partial charge in [0.15, 0.2) is 0 Å². The lowest BCUT2D eigenvalue weighted by Crippen LogP contribution is -1.95. The average Bonchev–Trinajstić information content (AvgIpc) is 2.32. The highest BCUT2D eigenvalue weighted by molar-refractivity contribution is 6.34. The zero-order valence-electron chi connectivity index (χ0n) is 8.65. The van der Waals surface area contributed by atoms with Gasteiger partial charge in [-0.15, -0.1) is 0 Å². The molecule has 2 N–H and O–H groups in total. The van der Waals surface area contributed by atoms with Crippen molar-refractivity contribution in [1.29, 1.82) is 0 Å². The van der Waals surface area contributed by atoms with Gasteiger partial charge in [0.05, 0.1) is 5.69 Å². The van der Waals surface area contributed by atoms with Gasteiger partial charge in [-0.25, -0.2) is 4.98 Å². The third-order valence-corrected chi connectivity index (χ3v) is 2.77. The number of benzene rings is 1. The van der Waals surface area contributed by atoms with E-state index in [2.05, 4.69) is 4.98 Å². The molecular formula is C12H12ClNO2. The summed E-state index contributed by atoms with van der Waals surface area (Å²) in [6.45, 7) is 0.0750. The maximum atomic E-state index is 10.00. The van der Waals surface area contributed by atoms with E-state index in [9.17, 15) is 5.11 Å². The van der Waals surface area contributed by atoms with Crippen LogP contribution in [0.1, 0.15) is 12.1 Å². The molecule has 1 aromatic carbocycles. The van der Waals surface area contributed by atoms with Crippen molar-refractivity contribution < 1.29 is 10.2 Å². The molecule has 0 bridgehead atoms. The van der Waals surface area contributed by atoms with Crippen molar-refractivity contribution in [3.05, 3.63) is 35.1 Å². The van der Waals surface area contributed by atoms with Crippen molar-refractivity contribution in [2.24, 2.45) is 0 Å².